The molecule has 1 rings (SSSR count). The van der Waals surface area contributed by atoms with Crippen LogP contribution in [-0.2, 0) is 4.79 Å². The van der Waals surface area contributed by atoms with Gasteiger partial charge in [0, 0.05) is 32.4 Å². The third kappa shape index (κ3) is 2.25. The number of amides is 2. The number of carbonyl (C=O) groups is 2. The molecule has 0 aromatic heterocycles. The second-order valence-corrected chi connectivity index (χ2v) is 3.46. The zero-order valence-electron chi connectivity index (χ0n) is 8.36. The van der Waals surface area contributed by atoms with Gasteiger partial charge in [-0.15, -0.1) is 0 Å². The second kappa shape index (κ2) is 4.13. The first-order valence-corrected chi connectivity index (χ1v) is 4.44. The third-order valence-electron chi connectivity index (χ3n) is 1.99. The highest BCUT2D eigenvalue weighted by Gasteiger charge is 2.27. The summed E-state index contributed by atoms with van der Waals surface area (Å²) in [4.78, 5) is 24.8. The lowest BCUT2D eigenvalue weighted by Crippen LogP contribution is -2.40. The summed E-state index contributed by atoms with van der Waals surface area (Å²) in [5.41, 5.74) is 0.559. The van der Waals surface area contributed by atoms with Crippen molar-refractivity contribution >= 4 is 12.0 Å². The molecule has 5 nitrogen and oxygen atoms in total. The Kier molecular flexibility index (Phi) is 3.11. The van der Waals surface area contributed by atoms with Gasteiger partial charge >= 0.3 is 6.09 Å². The molecule has 0 unspecified atom stereocenters. The molecule has 1 aliphatic rings. The molecule has 0 aliphatic carbocycles. The van der Waals surface area contributed by atoms with Crippen molar-refractivity contribution in [1.82, 2.24) is 9.80 Å². The highest BCUT2D eigenvalue weighted by molar-refractivity contribution is 6.02. The molecule has 2 amide bonds. The Morgan fingerprint density at radius 2 is 2.21 bits per heavy atom. The summed E-state index contributed by atoms with van der Waals surface area (Å²) in [6, 6.07) is 0. The minimum Gasteiger partial charge on any atom is -0.465 e. The summed E-state index contributed by atoms with van der Waals surface area (Å²) in [5.74, 6) is -0.391. The first kappa shape index (κ1) is 10.6. The lowest BCUT2D eigenvalue weighted by Gasteiger charge is -2.24. The van der Waals surface area contributed by atoms with Crippen LogP contribution >= 0.6 is 0 Å². The summed E-state index contributed by atoms with van der Waals surface area (Å²) < 4.78 is 0. The predicted octanol–water partition coefficient (Wildman–Crippen LogP) is 0.732. The smallest absolute Gasteiger partial charge is 0.414 e. The lowest BCUT2D eigenvalue weighted by atomic mass is 10.1. The minimum atomic E-state index is -1.17. The zero-order valence-corrected chi connectivity index (χ0v) is 8.36. The molecule has 0 atom stereocenters. The zero-order chi connectivity index (χ0) is 10.7. The molecular weight excluding hydrogens is 184 g/mol. The molecule has 14 heavy (non-hydrogen) atoms. The van der Waals surface area contributed by atoms with Crippen LogP contribution in [0.3, 0.4) is 0 Å². The number of likely N-dealkylation sites (tertiary alicyclic amines) is 1. The highest BCUT2D eigenvalue weighted by atomic mass is 16.4. The number of nitrogens with zero attached hydrogens (tertiary/aromatic N) is 2. The number of hydrogen-bond acceptors (Lipinski definition) is 3. The van der Waals surface area contributed by atoms with E-state index < -0.39 is 12.0 Å². The Morgan fingerprint density at radius 1 is 1.57 bits per heavy atom. The summed E-state index contributed by atoms with van der Waals surface area (Å²) >= 11 is 0. The number of carbonyl (C=O) groups excluding carboxylic acids is 1. The Balaban J connectivity index is 2.81. The van der Waals surface area contributed by atoms with E-state index in [0.717, 1.165) is 4.90 Å². The fourth-order valence-corrected chi connectivity index (χ4v) is 1.42. The van der Waals surface area contributed by atoms with E-state index >= 15 is 0 Å². The number of piperidine rings is 1. The van der Waals surface area contributed by atoms with Gasteiger partial charge in [-0.05, 0) is 12.8 Å². The maximum absolute atomic E-state index is 11.6. The van der Waals surface area contributed by atoms with Crippen LogP contribution < -0.4 is 0 Å². The maximum Gasteiger partial charge on any atom is 0.414 e. The van der Waals surface area contributed by atoms with Crippen LogP contribution in [0, 0.1) is 0 Å². The lowest BCUT2D eigenvalue weighted by molar-refractivity contribution is -0.126. The molecule has 5 heteroatoms. The molecule has 1 heterocycles. The first-order valence-electron chi connectivity index (χ1n) is 4.44. The molecule has 0 saturated carbocycles. The molecule has 0 radical (unpaired) electrons. The van der Waals surface area contributed by atoms with Gasteiger partial charge in [-0.3, -0.25) is 4.79 Å². The molecule has 0 aromatic rings. The van der Waals surface area contributed by atoms with Crippen molar-refractivity contribution in [2.45, 2.75) is 12.8 Å². The Bertz CT molecular complexity index is 284. The molecule has 1 fully saturated rings. The van der Waals surface area contributed by atoms with Gasteiger partial charge in [0.2, 0.25) is 0 Å². The van der Waals surface area contributed by atoms with Crippen LogP contribution in [0.4, 0.5) is 4.79 Å². The van der Waals surface area contributed by atoms with Crippen molar-refractivity contribution in [1.29, 1.82) is 0 Å². The number of imide groups is 1. The van der Waals surface area contributed by atoms with Gasteiger partial charge in [-0.1, -0.05) is 0 Å². The summed E-state index contributed by atoms with van der Waals surface area (Å²) in [7, 11) is 3.61. The summed E-state index contributed by atoms with van der Waals surface area (Å²) in [6.07, 6.45) is 1.87. The molecular formula is C9H14N2O3. The number of hydrogen-bond donors (Lipinski definition) is 1. The predicted molar refractivity (Wildman–Crippen MR) is 50.7 cm³/mol. The normalized spacial score (nSPS) is 20.0. The van der Waals surface area contributed by atoms with Crippen LogP contribution in [-0.4, -0.2) is 47.5 Å². The standard InChI is InChI=1S/C9H14N2O3/c1-10(2)6-7-4-3-5-11(8(7)12)9(13)14/h6H,3-5H2,1-2H3,(H,13,14). The van der Waals surface area contributed by atoms with Crippen LogP contribution in [0.2, 0.25) is 0 Å². The number of carboxylic acid groups (broad SMARTS) is 1. The van der Waals surface area contributed by atoms with E-state index in [2.05, 4.69) is 0 Å². The van der Waals surface area contributed by atoms with Gasteiger partial charge < -0.3 is 10.0 Å². The largest absolute Gasteiger partial charge is 0.465 e. The Hall–Kier alpha value is -1.52. The monoisotopic (exact) mass is 198 g/mol. The van der Waals surface area contributed by atoms with Crippen molar-refractivity contribution in [2.75, 3.05) is 20.6 Å². The molecule has 1 N–H and O–H groups in total. The van der Waals surface area contributed by atoms with E-state index in [4.69, 9.17) is 5.11 Å². The van der Waals surface area contributed by atoms with Crippen LogP contribution in [0.15, 0.2) is 11.8 Å². The average Bonchev–Trinajstić information content (AvgIpc) is 2.07. The second-order valence-electron chi connectivity index (χ2n) is 3.46. The van der Waals surface area contributed by atoms with Gasteiger partial charge in [0.25, 0.3) is 5.91 Å². The van der Waals surface area contributed by atoms with Gasteiger partial charge in [-0.2, -0.15) is 0 Å². The number of rotatable bonds is 1. The van der Waals surface area contributed by atoms with Crippen molar-refractivity contribution in [3.05, 3.63) is 11.8 Å². The van der Waals surface area contributed by atoms with E-state index in [0.29, 0.717) is 25.0 Å². The van der Waals surface area contributed by atoms with E-state index in [1.54, 1.807) is 25.2 Å². The van der Waals surface area contributed by atoms with E-state index in [9.17, 15) is 9.59 Å². The molecule has 1 aliphatic heterocycles. The Labute approximate surface area is 82.6 Å². The van der Waals surface area contributed by atoms with Gasteiger partial charge in [0.05, 0.1) is 0 Å². The minimum absolute atomic E-state index is 0.304. The topological polar surface area (TPSA) is 60.9 Å². The Morgan fingerprint density at radius 3 is 2.71 bits per heavy atom. The quantitative estimate of drug-likeness (QED) is 0.631. The third-order valence-corrected chi connectivity index (χ3v) is 1.99. The van der Waals surface area contributed by atoms with E-state index in [1.807, 2.05) is 0 Å². The van der Waals surface area contributed by atoms with E-state index in [-0.39, 0.29) is 0 Å². The van der Waals surface area contributed by atoms with Crippen LogP contribution in [0.25, 0.3) is 0 Å². The highest BCUT2D eigenvalue weighted by Crippen LogP contribution is 2.17. The van der Waals surface area contributed by atoms with Crippen molar-refractivity contribution < 1.29 is 14.7 Å². The maximum atomic E-state index is 11.6. The SMILES string of the molecule is CN(C)C=C1CCCN(C(=O)O)C1=O. The molecule has 78 valence electrons. The van der Waals surface area contributed by atoms with Crippen LogP contribution in [0.1, 0.15) is 12.8 Å². The summed E-state index contributed by atoms with van der Waals surface area (Å²) in [6.45, 7) is 0.304. The average molecular weight is 198 g/mol. The fourth-order valence-electron chi connectivity index (χ4n) is 1.42. The molecule has 0 spiro atoms. The molecule has 0 bridgehead atoms. The van der Waals surface area contributed by atoms with Gasteiger partial charge in [0.15, 0.2) is 0 Å². The first-order chi connectivity index (χ1) is 6.52. The summed E-state index contributed by atoms with van der Waals surface area (Å²) in [5, 5.41) is 8.72. The van der Waals surface area contributed by atoms with Crippen molar-refractivity contribution in [2.24, 2.45) is 0 Å². The molecule has 1 saturated heterocycles. The van der Waals surface area contributed by atoms with Gasteiger partial charge in [-0.25, -0.2) is 9.69 Å². The van der Waals surface area contributed by atoms with E-state index in [1.165, 1.54) is 0 Å². The van der Waals surface area contributed by atoms with Crippen molar-refractivity contribution in [3.8, 4) is 0 Å². The van der Waals surface area contributed by atoms with Crippen molar-refractivity contribution in [3.63, 3.8) is 0 Å². The van der Waals surface area contributed by atoms with Gasteiger partial charge in [0.1, 0.15) is 0 Å². The molecule has 0 aromatic carbocycles. The fraction of sp³-hybridized carbons (Fsp3) is 0.556. The van der Waals surface area contributed by atoms with Crippen LogP contribution in [0.5, 0.6) is 0 Å².